The number of ether oxygens (including phenoxy) is 1. The van der Waals surface area contributed by atoms with E-state index in [-0.39, 0.29) is 6.61 Å². The highest BCUT2D eigenvalue weighted by Crippen LogP contribution is 2.23. The van der Waals surface area contributed by atoms with Crippen molar-refractivity contribution in [3.05, 3.63) is 0 Å². The zero-order valence-electron chi connectivity index (χ0n) is 9.87. The van der Waals surface area contributed by atoms with E-state index in [1.807, 2.05) is 0 Å². The first kappa shape index (κ1) is 12.9. The molecule has 0 amide bonds. The van der Waals surface area contributed by atoms with Gasteiger partial charge < -0.3 is 15.2 Å². The van der Waals surface area contributed by atoms with Crippen LogP contribution in [0.15, 0.2) is 0 Å². The van der Waals surface area contributed by atoms with Gasteiger partial charge in [-0.3, -0.25) is 0 Å². The van der Waals surface area contributed by atoms with Gasteiger partial charge in [-0.25, -0.2) is 0 Å². The maximum absolute atomic E-state index is 8.51. The van der Waals surface area contributed by atoms with Gasteiger partial charge in [0.1, 0.15) is 0 Å². The molecule has 0 atom stereocenters. The molecule has 0 aromatic rings. The average Bonchev–Trinajstić information content (AvgIpc) is 2.26. The van der Waals surface area contributed by atoms with Crippen molar-refractivity contribution in [3.63, 3.8) is 0 Å². The second-order valence-electron chi connectivity index (χ2n) is 4.60. The van der Waals surface area contributed by atoms with Crippen LogP contribution in [0.5, 0.6) is 0 Å². The zero-order valence-corrected chi connectivity index (χ0v) is 9.87. The van der Waals surface area contributed by atoms with E-state index in [1.165, 1.54) is 25.7 Å². The molecule has 1 rings (SSSR count). The standard InChI is InChI=1S/C12H25NO2/c1-11-3-5-12(6-4-11)13-7-2-9-15-10-8-14/h11-14H,2-10H2,1H3. The molecule has 0 aromatic carbocycles. The molecule has 0 aromatic heterocycles. The number of aliphatic hydroxyl groups excluding tert-OH is 1. The van der Waals surface area contributed by atoms with E-state index < -0.39 is 0 Å². The fourth-order valence-corrected chi connectivity index (χ4v) is 2.11. The molecule has 15 heavy (non-hydrogen) atoms. The zero-order chi connectivity index (χ0) is 10.9. The van der Waals surface area contributed by atoms with E-state index in [4.69, 9.17) is 9.84 Å². The second-order valence-corrected chi connectivity index (χ2v) is 4.60. The van der Waals surface area contributed by atoms with Crippen molar-refractivity contribution < 1.29 is 9.84 Å². The minimum absolute atomic E-state index is 0.133. The molecule has 0 unspecified atom stereocenters. The number of nitrogens with one attached hydrogen (secondary N) is 1. The van der Waals surface area contributed by atoms with Gasteiger partial charge >= 0.3 is 0 Å². The van der Waals surface area contributed by atoms with Gasteiger partial charge in [-0.2, -0.15) is 0 Å². The van der Waals surface area contributed by atoms with E-state index in [9.17, 15) is 0 Å². The Balaban J connectivity index is 1.87. The smallest absolute Gasteiger partial charge is 0.0697 e. The topological polar surface area (TPSA) is 41.5 Å². The molecule has 0 radical (unpaired) electrons. The Morgan fingerprint density at radius 1 is 1.20 bits per heavy atom. The van der Waals surface area contributed by atoms with E-state index in [0.29, 0.717) is 6.61 Å². The highest BCUT2D eigenvalue weighted by Gasteiger charge is 2.16. The lowest BCUT2D eigenvalue weighted by atomic mass is 9.87. The van der Waals surface area contributed by atoms with Gasteiger partial charge in [0, 0.05) is 12.6 Å². The van der Waals surface area contributed by atoms with Crippen molar-refractivity contribution in [1.82, 2.24) is 5.32 Å². The minimum Gasteiger partial charge on any atom is -0.394 e. The normalized spacial score (nSPS) is 26.8. The lowest BCUT2D eigenvalue weighted by Gasteiger charge is -2.27. The highest BCUT2D eigenvalue weighted by atomic mass is 16.5. The monoisotopic (exact) mass is 215 g/mol. The van der Waals surface area contributed by atoms with Gasteiger partial charge in [0.25, 0.3) is 0 Å². The van der Waals surface area contributed by atoms with E-state index in [2.05, 4.69) is 12.2 Å². The molecule has 3 nitrogen and oxygen atoms in total. The first-order valence-electron chi connectivity index (χ1n) is 6.25. The van der Waals surface area contributed by atoms with Gasteiger partial charge in [-0.05, 0) is 44.6 Å². The van der Waals surface area contributed by atoms with Crippen molar-refractivity contribution in [1.29, 1.82) is 0 Å². The Kier molecular flexibility index (Phi) is 6.98. The predicted molar refractivity (Wildman–Crippen MR) is 61.9 cm³/mol. The van der Waals surface area contributed by atoms with Gasteiger partial charge in [-0.15, -0.1) is 0 Å². The molecule has 1 fully saturated rings. The summed E-state index contributed by atoms with van der Waals surface area (Å²) in [6.07, 6.45) is 6.46. The Labute approximate surface area is 93.2 Å². The Hall–Kier alpha value is -0.120. The van der Waals surface area contributed by atoms with Crippen LogP contribution in [0.4, 0.5) is 0 Å². The summed E-state index contributed by atoms with van der Waals surface area (Å²) in [5.74, 6) is 0.927. The van der Waals surface area contributed by atoms with E-state index in [0.717, 1.165) is 31.5 Å². The van der Waals surface area contributed by atoms with Crippen LogP contribution in [0.25, 0.3) is 0 Å². The lowest BCUT2D eigenvalue weighted by molar-refractivity contribution is 0.0900. The molecule has 1 aliphatic rings. The van der Waals surface area contributed by atoms with Gasteiger partial charge in [0.2, 0.25) is 0 Å². The maximum Gasteiger partial charge on any atom is 0.0697 e. The van der Waals surface area contributed by atoms with Crippen LogP contribution in [0.2, 0.25) is 0 Å². The number of rotatable bonds is 7. The molecule has 2 N–H and O–H groups in total. The molecular weight excluding hydrogens is 190 g/mol. The molecule has 3 heteroatoms. The van der Waals surface area contributed by atoms with Crippen LogP contribution in [0, 0.1) is 5.92 Å². The maximum atomic E-state index is 8.51. The highest BCUT2D eigenvalue weighted by molar-refractivity contribution is 4.74. The van der Waals surface area contributed by atoms with Gasteiger partial charge in [-0.1, -0.05) is 6.92 Å². The minimum atomic E-state index is 0.133. The molecule has 90 valence electrons. The number of aliphatic hydroxyl groups is 1. The fourth-order valence-electron chi connectivity index (χ4n) is 2.11. The lowest BCUT2D eigenvalue weighted by Crippen LogP contribution is -2.33. The van der Waals surface area contributed by atoms with Crippen LogP contribution < -0.4 is 5.32 Å². The van der Waals surface area contributed by atoms with Crippen molar-refractivity contribution >= 4 is 0 Å². The molecule has 0 heterocycles. The van der Waals surface area contributed by atoms with Crippen molar-refractivity contribution in [2.45, 2.75) is 45.1 Å². The van der Waals surface area contributed by atoms with Crippen LogP contribution >= 0.6 is 0 Å². The summed E-state index contributed by atoms with van der Waals surface area (Å²) < 4.78 is 5.20. The second kappa shape index (κ2) is 8.08. The van der Waals surface area contributed by atoms with Gasteiger partial charge in [0.15, 0.2) is 0 Å². The first-order valence-corrected chi connectivity index (χ1v) is 6.25. The Bertz CT molecular complexity index is 145. The van der Waals surface area contributed by atoms with Crippen LogP contribution in [0.1, 0.15) is 39.0 Å². The van der Waals surface area contributed by atoms with Crippen molar-refractivity contribution in [3.8, 4) is 0 Å². The van der Waals surface area contributed by atoms with E-state index >= 15 is 0 Å². The molecule has 0 aliphatic heterocycles. The molecular formula is C12H25NO2. The average molecular weight is 215 g/mol. The third-order valence-electron chi connectivity index (χ3n) is 3.15. The third kappa shape index (κ3) is 6.13. The SMILES string of the molecule is CC1CCC(NCCCOCCO)CC1. The molecule has 1 saturated carbocycles. The van der Waals surface area contributed by atoms with Gasteiger partial charge in [0.05, 0.1) is 13.2 Å². The van der Waals surface area contributed by atoms with Crippen LogP contribution in [-0.4, -0.2) is 37.5 Å². The van der Waals surface area contributed by atoms with Crippen LogP contribution in [-0.2, 0) is 4.74 Å². The summed E-state index contributed by atoms with van der Waals surface area (Å²) in [5.41, 5.74) is 0. The number of hydrogen-bond acceptors (Lipinski definition) is 3. The fraction of sp³-hybridized carbons (Fsp3) is 1.00. The van der Waals surface area contributed by atoms with Crippen LogP contribution in [0.3, 0.4) is 0 Å². The summed E-state index contributed by atoms with van der Waals surface area (Å²) in [7, 11) is 0. The summed E-state index contributed by atoms with van der Waals surface area (Å²) in [4.78, 5) is 0. The molecule has 0 saturated heterocycles. The number of hydrogen-bond donors (Lipinski definition) is 2. The molecule has 0 spiro atoms. The van der Waals surface area contributed by atoms with E-state index in [1.54, 1.807) is 0 Å². The summed E-state index contributed by atoms with van der Waals surface area (Å²) >= 11 is 0. The van der Waals surface area contributed by atoms with Crippen molar-refractivity contribution in [2.24, 2.45) is 5.92 Å². The third-order valence-corrected chi connectivity index (χ3v) is 3.15. The first-order chi connectivity index (χ1) is 7.33. The summed E-state index contributed by atoms with van der Waals surface area (Å²) in [6.45, 7) is 4.76. The Morgan fingerprint density at radius 3 is 2.60 bits per heavy atom. The Morgan fingerprint density at radius 2 is 1.93 bits per heavy atom. The quantitative estimate of drug-likeness (QED) is 0.633. The largest absolute Gasteiger partial charge is 0.394 e. The molecule has 1 aliphatic carbocycles. The molecule has 0 bridgehead atoms. The predicted octanol–water partition coefficient (Wildman–Crippen LogP) is 1.55. The van der Waals surface area contributed by atoms with Crippen molar-refractivity contribution in [2.75, 3.05) is 26.4 Å². The summed E-state index contributed by atoms with van der Waals surface area (Å²) in [5, 5.41) is 12.1. The summed E-state index contributed by atoms with van der Waals surface area (Å²) in [6, 6.07) is 0.735.